The van der Waals surface area contributed by atoms with Gasteiger partial charge < -0.3 is 4.84 Å². The Morgan fingerprint density at radius 1 is 0.897 bits per heavy atom. The third-order valence-electron chi connectivity index (χ3n) is 5.39. The van der Waals surface area contributed by atoms with E-state index >= 15 is 0 Å². The van der Waals surface area contributed by atoms with E-state index in [9.17, 15) is 10.1 Å². The number of oxime groups is 1. The molecule has 29 heavy (non-hydrogen) atoms. The molecule has 3 aromatic carbocycles. The fraction of sp³-hybridized carbons (Fsp3) is 0.208. The highest BCUT2D eigenvalue weighted by Gasteiger charge is 2.38. The summed E-state index contributed by atoms with van der Waals surface area (Å²) in [4.78, 5) is 16.6. The van der Waals surface area contributed by atoms with Gasteiger partial charge in [-0.3, -0.25) is 10.1 Å². The number of aryl methyl sites for hydroxylation is 3. The summed E-state index contributed by atoms with van der Waals surface area (Å²) < 4.78 is 0. The van der Waals surface area contributed by atoms with Gasteiger partial charge in [0.2, 0.25) is 0 Å². The van der Waals surface area contributed by atoms with Gasteiger partial charge in [0, 0.05) is 17.7 Å². The van der Waals surface area contributed by atoms with E-state index in [1.54, 1.807) is 12.1 Å². The maximum absolute atomic E-state index is 11.1. The van der Waals surface area contributed by atoms with Crippen molar-refractivity contribution in [3.05, 3.63) is 110 Å². The lowest BCUT2D eigenvalue weighted by molar-refractivity contribution is -0.384. The van der Waals surface area contributed by atoms with Crippen molar-refractivity contribution in [1.82, 2.24) is 0 Å². The van der Waals surface area contributed by atoms with Crippen LogP contribution in [0.15, 0.2) is 71.9 Å². The minimum Gasteiger partial charge on any atom is -0.386 e. The van der Waals surface area contributed by atoms with Gasteiger partial charge in [0.15, 0.2) is 6.10 Å². The monoisotopic (exact) mass is 386 g/mol. The predicted octanol–water partition coefficient (Wildman–Crippen LogP) is 5.78. The molecule has 0 aliphatic carbocycles. The molecule has 146 valence electrons. The molecular weight excluding hydrogens is 364 g/mol. The standard InChI is InChI=1S/C24H22N2O3/c1-15-13-16(2)21(17(3)14-15)23-22(18-9-11-20(12-10-18)26(27)28)24(29-25-23)19-7-5-4-6-8-19/h4-14,22,24H,1-3H3/t22-,24+/m1/s1. The SMILES string of the molecule is Cc1cc(C)c(C2=NO[C@@H](c3ccccc3)[C@@H]2c2ccc([N+](=O)[O-])cc2)c(C)c1. The van der Waals surface area contributed by atoms with E-state index in [4.69, 9.17) is 4.84 Å². The molecule has 1 heterocycles. The van der Waals surface area contributed by atoms with Crippen molar-refractivity contribution in [2.45, 2.75) is 32.8 Å². The number of nitro benzene ring substituents is 1. The highest BCUT2D eigenvalue weighted by Crippen LogP contribution is 2.43. The largest absolute Gasteiger partial charge is 0.386 e. The Morgan fingerprint density at radius 3 is 2.10 bits per heavy atom. The maximum Gasteiger partial charge on any atom is 0.269 e. The highest BCUT2D eigenvalue weighted by molar-refractivity contribution is 6.08. The van der Waals surface area contributed by atoms with Crippen LogP contribution < -0.4 is 0 Å². The number of benzene rings is 3. The van der Waals surface area contributed by atoms with Crippen LogP contribution in [0.4, 0.5) is 5.69 Å². The van der Waals surface area contributed by atoms with E-state index in [1.165, 1.54) is 5.56 Å². The number of hydrogen-bond acceptors (Lipinski definition) is 4. The van der Waals surface area contributed by atoms with Crippen LogP contribution in [0.5, 0.6) is 0 Å². The predicted molar refractivity (Wildman–Crippen MR) is 113 cm³/mol. The molecular formula is C24H22N2O3. The summed E-state index contributed by atoms with van der Waals surface area (Å²) in [7, 11) is 0. The molecule has 0 saturated heterocycles. The molecule has 4 rings (SSSR count). The molecule has 0 spiro atoms. The summed E-state index contributed by atoms with van der Waals surface area (Å²) >= 11 is 0. The lowest BCUT2D eigenvalue weighted by Gasteiger charge is -2.21. The van der Waals surface area contributed by atoms with Crippen LogP contribution >= 0.6 is 0 Å². The van der Waals surface area contributed by atoms with E-state index in [0.29, 0.717) is 0 Å². The van der Waals surface area contributed by atoms with Gasteiger partial charge in [0.1, 0.15) is 0 Å². The van der Waals surface area contributed by atoms with Gasteiger partial charge in [-0.05, 0) is 43.0 Å². The lowest BCUT2D eigenvalue weighted by Crippen LogP contribution is -2.18. The molecule has 0 unspecified atom stereocenters. The maximum atomic E-state index is 11.1. The van der Waals surface area contributed by atoms with Gasteiger partial charge in [-0.2, -0.15) is 0 Å². The van der Waals surface area contributed by atoms with Crippen molar-refractivity contribution < 1.29 is 9.76 Å². The summed E-state index contributed by atoms with van der Waals surface area (Å²) in [6, 6.07) is 21.0. The number of nitrogens with zero attached hydrogens (tertiary/aromatic N) is 2. The van der Waals surface area contributed by atoms with E-state index in [-0.39, 0.29) is 22.6 Å². The average Bonchev–Trinajstić information content (AvgIpc) is 3.12. The molecule has 0 fully saturated rings. The van der Waals surface area contributed by atoms with Gasteiger partial charge in [-0.15, -0.1) is 0 Å². The second kappa shape index (κ2) is 7.51. The van der Waals surface area contributed by atoms with Crippen LogP contribution in [0.1, 0.15) is 45.4 Å². The van der Waals surface area contributed by atoms with E-state index in [1.807, 2.05) is 42.5 Å². The Balaban J connectivity index is 1.84. The molecule has 5 nitrogen and oxygen atoms in total. The Hall–Kier alpha value is -3.47. The smallest absolute Gasteiger partial charge is 0.269 e. The average molecular weight is 386 g/mol. The summed E-state index contributed by atoms with van der Waals surface area (Å²) in [5, 5.41) is 15.6. The minimum absolute atomic E-state index is 0.0742. The Kier molecular flexibility index (Phi) is 4.89. The third-order valence-corrected chi connectivity index (χ3v) is 5.39. The minimum atomic E-state index is -0.382. The fourth-order valence-corrected chi connectivity index (χ4v) is 4.19. The van der Waals surface area contributed by atoms with Crippen LogP contribution in [-0.4, -0.2) is 10.6 Å². The molecule has 0 bridgehead atoms. The first-order valence-electron chi connectivity index (χ1n) is 9.57. The normalized spacial score (nSPS) is 18.2. The number of hydrogen-bond donors (Lipinski definition) is 0. The molecule has 5 heteroatoms. The number of rotatable bonds is 4. The van der Waals surface area contributed by atoms with Crippen molar-refractivity contribution >= 4 is 11.4 Å². The van der Waals surface area contributed by atoms with Gasteiger partial charge in [-0.25, -0.2) is 0 Å². The van der Waals surface area contributed by atoms with E-state index in [2.05, 4.69) is 38.1 Å². The van der Waals surface area contributed by atoms with Crippen molar-refractivity contribution in [2.75, 3.05) is 0 Å². The molecule has 0 N–H and O–H groups in total. The molecule has 1 aliphatic rings. The fourth-order valence-electron chi connectivity index (χ4n) is 4.19. The van der Waals surface area contributed by atoms with Crippen molar-refractivity contribution in [3.63, 3.8) is 0 Å². The van der Waals surface area contributed by atoms with Crippen LogP contribution in [0.25, 0.3) is 0 Å². The zero-order chi connectivity index (χ0) is 20.5. The van der Waals surface area contributed by atoms with Crippen molar-refractivity contribution in [3.8, 4) is 0 Å². The molecule has 0 saturated carbocycles. The second-order valence-electron chi connectivity index (χ2n) is 7.51. The first kappa shape index (κ1) is 18.9. The van der Waals surface area contributed by atoms with Gasteiger partial charge in [-0.1, -0.05) is 65.3 Å². The summed E-state index contributed by atoms with van der Waals surface area (Å²) in [6.45, 7) is 6.25. The van der Waals surface area contributed by atoms with Crippen LogP contribution in [0.3, 0.4) is 0 Å². The van der Waals surface area contributed by atoms with Crippen molar-refractivity contribution in [2.24, 2.45) is 5.16 Å². The number of non-ortho nitro benzene ring substituents is 1. The van der Waals surface area contributed by atoms with Crippen molar-refractivity contribution in [1.29, 1.82) is 0 Å². The van der Waals surface area contributed by atoms with Gasteiger partial charge >= 0.3 is 0 Å². The first-order chi connectivity index (χ1) is 14.0. The second-order valence-corrected chi connectivity index (χ2v) is 7.51. The third kappa shape index (κ3) is 3.51. The van der Waals surface area contributed by atoms with E-state index in [0.717, 1.165) is 33.5 Å². The van der Waals surface area contributed by atoms with Gasteiger partial charge in [0.25, 0.3) is 5.69 Å². The first-order valence-corrected chi connectivity index (χ1v) is 9.57. The molecule has 2 atom stereocenters. The van der Waals surface area contributed by atoms with E-state index < -0.39 is 0 Å². The Labute approximate surface area is 169 Å². The zero-order valence-electron chi connectivity index (χ0n) is 16.6. The molecule has 1 aliphatic heterocycles. The molecule has 0 amide bonds. The molecule has 0 radical (unpaired) electrons. The van der Waals surface area contributed by atoms with Crippen LogP contribution in [-0.2, 0) is 4.84 Å². The Bertz CT molecular complexity index is 1070. The summed E-state index contributed by atoms with van der Waals surface area (Å²) in [5.74, 6) is -0.154. The lowest BCUT2D eigenvalue weighted by atomic mass is 9.81. The zero-order valence-corrected chi connectivity index (χ0v) is 16.6. The number of nitro groups is 1. The topological polar surface area (TPSA) is 64.7 Å². The molecule has 3 aromatic rings. The summed E-state index contributed by atoms with van der Waals surface area (Å²) in [5.41, 5.74) is 7.48. The quantitative estimate of drug-likeness (QED) is 0.422. The van der Waals surface area contributed by atoms with Crippen LogP contribution in [0.2, 0.25) is 0 Å². The van der Waals surface area contributed by atoms with Crippen LogP contribution in [0, 0.1) is 30.9 Å². The highest BCUT2D eigenvalue weighted by atomic mass is 16.6. The Morgan fingerprint density at radius 2 is 1.52 bits per heavy atom. The molecule has 0 aromatic heterocycles. The summed E-state index contributed by atoms with van der Waals surface area (Å²) in [6.07, 6.45) is -0.284. The van der Waals surface area contributed by atoms with Gasteiger partial charge in [0.05, 0.1) is 16.6 Å².